The Morgan fingerprint density at radius 2 is 1.50 bits per heavy atom. The zero-order valence-corrected chi connectivity index (χ0v) is 17.3. The van der Waals surface area contributed by atoms with E-state index in [1.807, 2.05) is 79.2 Å². The van der Waals surface area contributed by atoms with Gasteiger partial charge in [-0.3, -0.25) is 4.79 Å². The average Bonchev–Trinajstić information content (AvgIpc) is 3.07. The first kappa shape index (κ1) is 19.6. The summed E-state index contributed by atoms with van der Waals surface area (Å²) in [5.74, 6) is -0.00308. The highest BCUT2D eigenvalue weighted by Crippen LogP contribution is 2.23. The maximum absolute atomic E-state index is 12.7. The molecule has 1 amide bonds. The summed E-state index contributed by atoms with van der Waals surface area (Å²) in [6, 6.07) is 28.4. The minimum absolute atomic E-state index is 0.00308. The Bertz CT molecular complexity index is 1150. The maximum Gasteiger partial charge on any atom is 0.224 e. The fourth-order valence-electron chi connectivity index (χ4n) is 3.74. The Labute approximate surface area is 177 Å². The third-order valence-corrected chi connectivity index (χ3v) is 5.36. The van der Waals surface area contributed by atoms with Gasteiger partial charge in [0.15, 0.2) is 0 Å². The monoisotopic (exact) mass is 395 g/mol. The van der Waals surface area contributed by atoms with Crippen molar-refractivity contribution in [3.8, 4) is 16.8 Å². The number of aryl methyl sites for hydroxylation is 1. The van der Waals surface area contributed by atoms with Crippen molar-refractivity contribution >= 4 is 5.91 Å². The summed E-state index contributed by atoms with van der Waals surface area (Å²) in [5.41, 5.74) is 7.26. The number of para-hydroxylation sites is 1. The molecule has 1 N–H and O–H groups in total. The topological polar surface area (TPSA) is 46.9 Å². The molecule has 1 aromatic heterocycles. The summed E-state index contributed by atoms with van der Waals surface area (Å²) < 4.78 is 1.91. The molecule has 4 nitrogen and oxygen atoms in total. The minimum Gasteiger partial charge on any atom is -0.352 e. The molecule has 0 radical (unpaired) electrons. The normalized spacial score (nSPS) is 10.7. The maximum atomic E-state index is 12.7. The SMILES string of the molecule is Cc1nn(-c2ccccc2)c(C)c1CC(=O)NCc1ccccc1-c1ccccc1. The first-order chi connectivity index (χ1) is 14.6. The van der Waals surface area contributed by atoms with Gasteiger partial charge in [0.05, 0.1) is 17.8 Å². The predicted octanol–water partition coefficient (Wildman–Crippen LogP) is 5.02. The van der Waals surface area contributed by atoms with Crippen molar-refractivity contribution in [2.75, 3.05) is 0 Å². The van der Waals surface area contributed by atoms with E-state index >= 15 is 0 Å². The number of benzene rings is 3. The van der Waals surface area contributed by atoms with E-state index < -0.39 is 0 Å². The lowest BCUT2D eigenvalue weighted by atomic mass is 9.99. The van der Waals surface area contributed by atoms with Gasteiger partial charge in [-0.2, -0.15) is 5.10 Å². The molecule has 0 aliphatic heterocycles. The predicted molar refractivity (Wildman–Crippen MR) is 120 cm³/mol. The molecule has 4 rings (SSSR count). The van der Waals surface area contributed by atoms with Crippen LogP contribution in [0.1, 0.15) is 22.5 Å². The molecule has 4 heteroatoms. The Morgan fingerprint density at radius 1 is 0.867 bits per heavy atom. The smallest absolute Gasteiger partial charge is 0.224 e. The van der Waals surface area contributed by atoms with Gasteiger partial charge >= 0.3 is 0 Å². The van der Waals surface area contributed by atoms with Crippen LogP contribution in [0.3, 0.4) is 0 Å². The molecule has 0 saturated carbocycles. The molecule has 0 atom stereocenters. The fraction of sp³-hybridized carbons (Fsp3) is 0.154. The molecule has 0 fully saturated rings. The fourth-order valence-corrected chi connectivity index (χ4v) is 3.74. The zero-order chi connectivity index (χ0) is 20.9. The van der Waals surface area contributed by atoms with Gasteiger partial charge in [0.1, 0.15) is 0 Å². The second-order valence-corrected chi connectivity index (χ2v) is 7.37. The van der Waals surface area contributed by atoms with Crippen LogP contribution in [0.5, 0.6) is 0 Å². The molecular formula is C26H25N3O. The highest BCUT2D eigenvalue weighted by atomic mass is 16.1. The second-order valence-electron chi connectivity index (χ2n) is 7.37. The largest absolute Gasteiger partial charge is 0.352 e. The Kier molecular flexibility index (Phi) is 5.75. The van der Waals surface area contributed by atoms with Crippen molar-refractivity contribution in [2.45, 2.75) is 26.8 Å². The van der Waals surface area contributed by atoms with E-state index in [0.717, 1.165) is 39.3 Å². The zero-order valence-electron chi connectivity index (χ0n) is 17.3. The highest BCUT2D eigenvalue weighted by molar-refractivity contribution is 5.79. The molecule has 4 aromatic rings. The summed E-state index contributed by atoms with van der Waals surface area (Å²) in [6.07, 6.45) is 0.317. The van der Waals surface area contributed by atoms with E-state index in [9.17, 15) is 4.79 Å². The molecular weight excluding hydrogens is 370 g/mol. The molecule has 1 heterocycles. The summed E-state index contributed by atoms with van der Waals surface area (Å²) in [5, 5.41) is 7.73. The number of amides is 1. The summed E-state index contributed by atoms with van der Waals surface area (Å²) in [7, 11) is 0. The van der Waals surface area contributed by atoms with E-state index in [0.29, 0.717) is 13.0 Å². The third-order valence-electron chi connectivity index (χ3n) is 5.36. The molecule has 3 aromatic carbocycles. The van der Waals surface area contributed by atoms with Crippen LogP contribution in [-0.4, -0.2) is 15.7 Å². The molecule has 30 heavy (non-hydrogen) atoms. The van der Waals surface area contributed by atoms with Gasteiger partial charge in [-0.15, -0.1) is 0 Å². The van der Waals surface area contributed by atoms with Gasteiger partial charge in [0.25, 0.3) is 0 Å². The van der Waals surface area contributed by atoms with Gasteiger partial charge in [-0.1, -0.05) is 72.8 Å². The molecule has 150 valence electrons. The first-order valence-corrected chi connectivity index (χ1v) is 10.1. The second kappa shape index (κ2) is 8.78. The van der Waals surface area contributed by atoms with Gasteiger partial charge in [0, 0.05) is 17.8 Å². The van der Waals surface area contributed by atoms with E-state index in [4.69, 9.17) is 0 Å². The van der Waals surface area contributed by atoms with Crippen LogP contribution in [0.25, 0.3) is 16.8 Å². The van der Waals surface area contributed by atoms with Crippen LogP contribution in [0, 0.1) is 13.8 Å². The van der Waals surface area contributed by atoms with E-state index in [1.165, 1.54) is 0 Å². The third kappa shape index (κ3) is 4.18. The molecule has 0 aliphatic rings. The van der Waals surface area contributed by atoms with Crippen molar-refractivity contribution in [2.24, 2.45) is 0 Å². The van der Waals surface area contributed by atoms with E-state index in [-0.39, 0.29) is 5.91 Å². The van der Waals surface area contributed by atoms with E-state index in [2.05, 4.69) is 34.7 Å². The van der Waals surface area contributed by atoms with Gasteiger partial charge in [-0.25, -0.2) is 4.68 Å². The van der Waals surface area contributed by atoms with E-state index in [1.54, 1.807) is 0 Å². The van der Waals surface area contributed by atoms with Gasteiger partial charge in [-0.05, 0) is 42.7 Å². The van der Waals surface area contributed by atoms with Crippen LogP contribution in [0.2, 0.25) is 0 Å². The number of rotatable bonds is 6. The highest BCUT2D eigenvalue weighted by Gasteiger charge is 2.16. The van der Waals surface area contributed by atoms with Crippen molar-refractivity contribution in [3.05, 3.63) is 107 Å². The number of nitrogens with one attached hydrogen (secondary N) is 1. The first-order valence-electron chi connectivity index (χ1n) is 10.1. The molecule has 0 unspecified atom stereocenters. The van der Waals surface area contributed by atoms with Crippen molar-refractivity contribution < 1.29 is 4.79 Å². The van der Waals surface area contributed by atoms with Crippen LogP contribution in [0.15, 0.2) is 84.9 Å². The standard InChI is InChI=1S/C26H25N3O/c1-19-25(20(2)29(28-19)23-14-7-4-8-15-23)17-26(30)27-18-22-13-9-10-16-24(22)21-11-5-3-6-12-21/h3-16H,17-18H2,1-2H3,(H,27,30). The lowest BCUT2D eigenvalue weighted by molar-refractivity contribution is -0.120. The van der Waals surface area contributed by atoms with Gasteiger partial charge < -0.3 is 5.32 Å². The van der Waals surface area contributed by atoms with Crippen molar-refractivity contribution in [3.63, 3.8) is 0 Å². The molecule has 0 saturated heterocycles. The Balaban J connectivity index is 1.48. The minimum atomic E-state index is -0.00308. The van der Waals surface area contributed by atoms with Crippen LogP contribution in [0.4, 0.5) is 0 Å². The number of carbonyl (C=O) groups is 1. The lowest BCUT2D eigenvalue weighted by Crippen LogP contribution is -2.25. The summed E-state index contributed by atoms with van der Waals surface area (Å²) in [4.78, 5) is 12.7. The quantitative estimate of drug-likeness (QED) is 0.499. The molecule has 0 spiro atoms. The number of aromatic nitrogens is 2. The summed E-state index contributed by atoms with van der Waals surface area (Å²) >= 11 is 0. The Morgan fingerprint density at radius 3 is 2.23 bits per heavy atom. The number of hydrogen-bond acceptors (Lipinski definition) is 2. The van der Waals surface area contributed by atoms with Gasteiger partial charge in [0.2, 0.25) is 5.91 Å². The lowest BCUT2D eigenvalue weighted by Gasteiger charge is -2.11. The van der Waals surface area contributed by atoms with Crippen LogP contribution >= 0.6 is 0 Å². The van der Waals surface area contributed by atoms with Crippen molar-refractivity contribution in [1.82, 2.24) is 15.1 Å². The summed E-state index contributed by atoms with van der Waals surface area (Å²) in [6.45, 7) is 4.47. The van der Waals surface area contributed by atoms with Crippen LogP contribution < -0.4 is 5.32 Å². The average molecular weight is 396 g/mol. The Hall–Kier alpha value is -3.66. The number of carbonyl (C=O) groups excluding carboxylic acids is 1. The number of nitrogens with zero attached hydrogens (tertiary/aromatic N) is 2. The molecule has 0 bridgehead atoms. The van der Waals surface area contributed by atoms with Crippen molar-refractivity contribution in [1.29, 1.82) is 0 Å². The number of hydrogen-bond donors (Lipinski definition) is 1. The van der Waals surface area contributed by atoms with Crippen LogP contribution in [-0.2, 0) is 17.8 Å². The molecule has 0 aliphatic carbocycles.